The summed E-state index contributed by atoms with van der Waals surface area (Å²) in [4.78, 5) is 14.2. The third-order valence-corrected chi connectivity index (χ3v) is 3.91. The number of nitrogens with one attached hydrogen (secondary N) is 1. The van der Waals surface area contributed by atoms with Crippen molar-refractivity contribution in [1.29, 1.82) is 0 Å². The van der Waals surface area contributed by atoms with E-state index in [1.807, 2.05) is 58.3 Å². The molecule has 1 aromatic heterocycles. The van der Waals surface area contributed by atoms with E-state index >= 15 is 0 Å². The van der Waals surface area contributed by atoms with Crippen molar-refractivity contribution < 1.29 is 4.79 Å². The summed E-state index contributed by atoms with van der Waals surface area (Å²) in [5.74, 6) is 0. The van der Waals surface area contributed by atoms with Gasteiger partial charge in [-0.2, -0.15) is 0 Å². The van der Waals surface area contributed by atoms with E-state index < -0.39 is 0 Å². The van der Waals surface area contributed by atoms with E-state index in [4.69, 9.17) is 0 Å². The second-order valence-electron chi connectivity index (χ2n) is 5.47. The van der Waals surface area contributed by atoms with Crippen LogP contribution in [0.25, 0.3) is 5.69 Å². The van der Waals surface area contributed by atoms with Crippen molar-refractivity contribution in [3.63, 3.8) is 0 Å². The van der Waals surface area contributed by atoms with Gasteiger partial charge in [0.1, 0.15) is 0 Å². The smallest absolute Gasteiger partial charge is 0.321 e. The first-order valence-electron chi connectivity index (χ1n) is 7.62. The number of nitrogens with zero attached hydrogens (tertiary/aromatic N) is 2. The molecule has 2 amide bonds. The lowest BCUT2D eigenvalue weighted by atomic mass is 10.2. The maximum Gasteiger partial charge on any atom is 0.321 e. The Labute approximate surface area is 125 Å². The molecule has 4 nitrogen and oxygen atoms in total. The third-order valence-electron chi connectivity index (χ3n) is 3.91. The normalized spacial score (nSPS) is 15.5. The zero-order chi connectivity index (χ0) is 14.5. The molecule has 0 bridgehead atoms. The molecule has 0 aliphatic carbocycles. The van der Waals surface area contributed by atoms with Crippen molar-refractivity contribution in [3.8, 4) is 5.69 Å². The highest BCUT2D eigenvalue weighted by atomic mass is 16.2. The average Bonchev–Trinajstić information content (AvgIpc) is 2.90. The molecule has 0 saturated carbocycles. The monoisotopic (exact) mass is 283 g/mol. The Morgan fingerprint density at radius 2 is 1.52 bits per heavy atom. The standard InChI is InChI=1S/C17H21N3O/c21-17(20-13-3-1-2-4-14-20)18-15-7-9-16(10-8-15)19-11-5-6-12-19/h5-12H,1-4,13-14H2,(H,18,21). The molecule has 1 N–H and O–H groups in total. The molecule has 21 heavy (non-hydrogen) atoms. The van der Waals surface area contributed by atoms with Crippen LogP contribution in [-0.2, 0) is 0 Å². The van der Waals surface area contributed by atoms with Crippen molar-refractivity contribution in [2.45, 2.75) is 25.7 Å². The molecule has 0 unspecified atom stereocenters. The fourth-order valence-electron chi connectivity index (χ4n) is 2.70. The molecule has 1 aliphatic rings. The summed E-state index contributed by atoms with van der Waals surface area (Å²) >= 11 is 0. The Hall–Kier alpha value is -2.23. The Morgan fingerprint density at radius 3 is 2.14 bits per heavy atom. The number of aromatic nitrogens is 1. The molecule has 1 saturated heterocycles. The highest BCUT2D eigenvalue weighted by Crippen LogP contribution is 2.15. The minimum atomic E-state index is 0.0191. The fourth-order valence-corrected chi connectivity index (χ4v) is 2.70. The van der Waals surface area contributed by atoms with Crippen LogP contribution >= 0.6 is 0 Å². The average molecular weight is 283 g/mol. The van der Waals surface area contributed by atoms with E-state index in [1.54, 1.807) is 0 Å². The number of rotatable bonds is 2. The largest absolute Gasteiger partial charge is 0.325 e. The summed E-state index contributed by atoms with van der Waals surface area (Å²) in [5.41, 5.74) is 1.94. The predicted octanol–water partition coefficient (Wildman–Crippen LogP) is 3.89. The van der Waals surface area contributed by atoms with E-state index in [0.717, 1.165) is 37.3 Å². The van der Waals surface area contributed by atoms with E-state index in [2.05, 4.69) is 5.32 Å². The maximum atomic E-state index is 12.2. The van der Waals surface area contributed by atoms with Gasteiger partial charge in [-0.1, -0.05) is 12.8 Å². The summed E-state index contributed by atoms with van der Waals surface area (Å²) in [6, 6.07) is 11.9. The zero-order valence-electron chi connectivity index (χ0n) is 12.2. The van der Waals surface area contributed by atoms with Crippen LogP contribution in [0, 0.1) is 0 Å². The van der Waals surface area contributed by atoms with Gasteiger partial charge in [0, 0.05) is 36.9 Å². The molecule has 1 aromatic carbocycles. The van der Waals surface area contributed by atoms with Crippen LogP contribution in [0.2, 0.25) is 0 Å². The van der Waals surface area contributed by atoms with Gasteiger partial charge in [-0.15, -0.1) is 0 Å². The topological polar surface area (TPSA) is 37.3 Å². The van der Waals surface area contributed by atoms with Gasteiger partial charge < -0.3 is 14.8 Å². The van der Waals surface area contributed by atoms with Crippen molar-refractivity contribution >= 4 is 11.7 Å². The molecule has 0 spiro atoms. The molecule has 0 radical (unpaired) electrons. The first kappa shape index (κ1) is 13.7. The minimum Gasteiger partial charge on any atom is -0.325 e. The number of carbonyl (C=O) groups excluding carboxylic acids is 1. The predicted molar refractivity (Wildman–Crippen MR) is 84.8 cm³/mol. The van der Waals surface area contributed by atoms with Crippen molar-refractivity contribution in [3.05, 3.63) is 48.8 Å². The van der Waals surface area contributed by atoms with E-state index in [9.17, 15) is 4.79 Å². The highest BCUT2D eigenvalue weighted by molar-refractivity contribution is 5.89. The Kier molecular flexibility index (Phi) is 4.24. The molecule has 1 fully saturated rings. The lowest BCUT2D eigenvalue weighted by molar-refractivity contribution is 0.214. The Morgan fingerprint density at radius 1 is 0.905 bits per heavy atom. The van der Waals surface area contributed by atoms with Gasteiger partial charge in [0.05, 0.1) is 0 Å². The van der Waals surface area contributed by atoms with Crippen LogP contribution in [0.4, 0.5) is 10.5 Å². The van der Waals surface area contributed by atoms with Crippen LogP contribution in [0.3, 0.4) is 0 Å². The minimum absolute atomic E-state index is 0.0191. The number of hydrogen-bond donors (Lipinski definition) is 1. The van der Waals surface area contributed by atoms with Crippen molar-refractivity contribution in [2.24, 2.45) is 0 Å². The van der Waals surface area contributed by atoms with Gasteiger partial charge in [0.2, 0.25) is 0 Å². The van der Waals surface area contributed by atoms with Gasteiger partial charge in [-0.3, -0.25) is 0 Å². The van der Waals surface area contributed by atoms with Gasteiger partial charge in [-0.05, 0) is 49.2 Å². The number of urea groups is 1. The van der Waals surface area contributed by atoms with Crippen LogP contribution in [-0.4, -0.2) is 28.6 Å². The molecule has 2 aromatic rings. The van der Waals surface area contributed by atoms with Gasteiger partial charge in [-0.25, -0.2) is 4.79 Å². The Bertz CT molecular complexity index is 567. The van der Waals surface area contributed by atoms with Gasteiger partial charge in [0.25, 0.3) is 0 Å². The molecule has 0 atom stereocenters. The second-order valence-corrected chi connectivity index (χ2v) is 5.47. The Balaban J connectivity index is 1.63. The van der Waals surface area contributed by atoms with Gasteiger partial charge >= 0.3 is 6.03 Å². The molecule has 4 heteroatoms. The maximum absolute atomic E-state index is 12.2. The number of anilines is 1. The molecular weight excluding hydrogens is 262 g/mol. The highest BCUT2D eigenvalue weighted by Gasteiger charge is 2.15. The van der Waals surface area contributed by atoms with E-state index in [-0.39, 0.29) is 6.03 Å². The van der Waals surface area contributed by atoms with E-state index in [0.29, 0.717) is 0 Å². The van der Waals surface area contributed by atoms with Crippen LogP contribution in [0.5, 0.6) is 0 Å². The molecule has 3 rings (SSSR count). The first-order chi connectivity index (χ1) is 10.3. The molecular formula is C17H21N3O. The van der Waals surface area contributed by atoms with Crippen molar-refractivity contribution in [1.82, 2.24) is 9.47 Å². The summed E-state index contributed by atoms with van der Waals surface area (Å²) in [6.45, 7) is 1.74. The summed E-state index contributed by atoms with van der Waals surface area (Å²) in [7, 11) is 0. The van der Waals surface area contributed by atoms with Crippen LogP contribution in [0.1, 0.15) is 25.7 Å². The van der Waals surface area contributed by atoms with E-state index in [1.165, 1.54) is 12.8 Å². The van der Waals surface area contributed by atoms with Crippen molar-refractivity contribution in [2.75, 3.05) is 18.4 Å². The second kappa shape index (κ2) is 6.48. The quantitative estimate of drug-likeness (QED) is 0.892. The first-order valence-corrected chi connectivity index (χ1v) is 7.62. The number of benzene rings is 1. The summed E-state index contributed by atoms with van der Waals surface area (Å²) in [6.07, 6.45) is 8.69. The lowest BCUT2D eigenvalue weighted by Gasteiger charge is -2.20. The summed E-state index contributed by atoms with van der Waals surface area (Å²) in [5, 5.41) is 2.99. The molecule has 110 valence electrons. The number of likely N-dealkylation sites (tertiary alicyclic amines) is 1. The summed E-state index contributed by atoms with van der Waals surface area (Å²) < 4.78 is 2.04. The number of amides is 2. The molecule has 1 aliphatic heterocycles. The SMILES string of the molecule is O=C(Nc1ccc(-n2cccc2)cc1)N1CCCCCC1. The molecule has 2 heterocycles. The fraction of sp³-hybridized carbons (Fsp3) is 0.353. The number of carbonyl (C=O) groups is 1. The number of hydrogen-bond acceptors (Lipinski definition) is 1. The third kappa shape index (κ3) is 3.45. The van der Waals surface area contributed by atoms with Crippen LogP contribution < -0.4 is 5.32 Å². The van der Waals surface area contributed by atoms with Gasteiger partial charge in [0.15, 0.2) is 0 Å². The van der Waals surface area contributed by atoms with Crippen LogP contribution in [0.15, 0.2) is 48.8 Å². The lowest BCUT2D eigenvalue weighted by Crippen LogP contribution is -2.35. The zero-order valence-corrected chi connectivity index (χ0v) is 12.2.